The molecule has 0 saturated heterocycles. The first-order valence-electron chi connectivity index (χ1n) is 10.5. The molecule has 0 heteroatoms. The molecule has 0 heterocycles. The van der Waals surface area contributed by atoms with Crippen molar-refractivity contribution in [2.24, 2.45) is 47.3 Å². The summed E-state index contributed by atoms with van der Waals surface area (Å²) in [7, 11) is 0. The van der Waals surface area contributed by atoms with Crippen LogP contribution in [-0.4, -0.2) is 0 Å². The molecule has 0 spiro atoms. The van der Waals surface area contributed by atoms with Gasteiger partial charge in [-0.2, -0.15) is 0 Å². The van der Waals surface area contributed by atoms with Gasteiger partial charge in [-0.3, -0.25) is 0 Å². The Balaban J connectivity index is 1.50. The van der Waals surface area contributed by atoms with Crippen LogP contribution in [0.5, 0.6) is 0 Å². The van der Waals surface area contributed by atoms with Gasteiger partial charge in [0.1, 0.15) is 0 Å². The Morgan fingerprint density at radius 1 is 0.455 bits per heavy atom. The molecule has 3 rings (SSSR count). The lowest BCUT2D eigenvalue weighted by Gasteiger charge is -2.44. The summed E-state index contributed by atoms with van der Waals surface area (Å²) in [5.74, 6) is 8.29. The van der Waals surface area contributed by atoms with Crippen molar-refractivity contribution in [3.8, 4) is 0 Å². The van der Waals surface area contributed by atoms with Crippen LogP contribution in [0.1, 0.15) is 91.9 Å². The van der Waals surface area contributed by atoms with Crippen molar-refractivity contribution in [1.82, 2.24) is 0 Å². The van der Waals surface area contributed by atoms with Gasteiger partial charge in [-0.15, -0.1) is 0 Å². The average molecular weight is 305 g/mol. The Labute approximate surface area is 139 Å². The van der Waals surface area contributed by atoms with E-state index in [0.717, 1.165) is 47.3 Å². The third-order valence-corrected chi connectivity index (χ3v) is 8.02. The zero-order valence-electron chi connectivity index (χ0n) is 15.7. The molecule has 3 aliphatic rings. The fourth-order valence-electron chi connectivity index (χ4n) is 6.78. The highest BCUT2D eigenvalue weighted by Gasteiger charge is 2.37. The molecular formula is C22H40. The van der Waals surface area contributed by atoms with E-state index in [4.69, 9.17) is 0 Å². The summed E-state index contributed by atoms with van der Waals surface area (Å²) in [4.78, 5) is 0. The highest BCUT2D eigenvalue weighted by Crippen LogP contribution is 2.48. The second-order valence-corrected chi connectivity index (χ2v) is 9.79. The van der Waals surface area contributed by atoms with Crippen molar-refractivity contribution in [1.29, 1.82) is 0 Å². The maximum atomic E-state index is 2.55. The molecule has 0 amide bonds. The van der Waals surface area contributed by atoms with Gasteiger partial charge >= 0.3 is 0 Å². The third-order valence-electron chi connectivity index (χ3n) is 8.02. The summed E-state index contributed by atoms with van der Waals surface area (Å²) in [5.41, 5.74) is 0. The normalized spacial score (nSPS) is 50.7. The van der Waals surface area contributed by atoms with Gasteiger partial charge in [0, 0.05) is 0 Å². The van der Waals surface area contributed by atoms with Crippen LogP contribution in [0.4, 0.5) is 0 Å². The fraction of sp³-hybridized carbons (Fsp3) is 1.00. The van der Waals surface area contributed by atoms with E-state index in [1.165, 1.54) is 38.5 Å². The van der Waals surface area contributed by atoms with Gasteiger partial charge in [-0.1, -0.05) is 40.5 Å². The van der Waals surface area contributed by atoms with E-state index in [-0.39, 0.29) is 0 Å². The van der Waals surface area contributed by atoms with Gasteiger partial charge in [0.25, 0.3) is 0 Å². The van der Waals surface area contributed by atoms with E-state index in [2.05, 4.69) is 27.7 Å². The monoisotopic (exact) mass is 304 g/mol. The molecule has 0 bridgehead atoms. The summed E-state index contributed by atoms with van der Waals surface area (Å²) >= 11 is 0. The molecule has 3 aliphatic carbocycles. The Morgan fingerprint density at radius 3 is 1.14 bits per heavy atom. The molecule has 3 fully saturated rings. The van der Waals surface area contributed by atoms with E-state index in [1.807, 2.05) is 0 Å². The number of hydrogen-bond donors (Lipinski definition) is 0. The lowest BCUT2D eigenvalue weighted by atomic mass is 9.61. The van der Waals surface area contributed by atoms with E-state index in [1.54, 1.807) is 25.7 Å². The Kier molecular flexibility index (Phi) is 5.56. The topological polar surface area (TPSA) is 0 Å². The first-order chi connectivity index (χ1) is 10.5. The number of hydrogen-bond acceptors (Lipinski definition) is 0. The van der Waals surface area contributed by atoms with Gasteiger partial charge in [0.15, 0.2) is 0 Å². The molecule has 0 aromatic heterocycles. The highest BCUT2D eigenvalue weighted by molar-refractivity contribution is 4.88. The van der Waals surface area contributed by atoms with Crippen molar-refractivity contribution < 1.29 is 0 Å². The molecule has 0 aromatic carbocycles. The van der Waals surface area contributed by atoms with Crippen molar-refractivity contribution in [3.63, 3.8) is 0 Å². The second kappa shape index (κ2) is 7.27. The molecule has 0 aromatic rings. The summed E-state index contributed by atoms with van der Waals surface area (Å²) in [6, 6.07) is 0. The molecule has 6 atom stereocenters. The van der Waals surface area contributed by atoms with Crippen LogP contribution in [0, 0.1) is 47.3 Å². The molecule has 22 heavy (non-hydrogen) atoms. The van der Waals surface area contributed by atoms with Crippen LogP contribution < -0.4 is 0 Å². The second-order valence-electron chi connectivity index (χ2n) is 9.79. The van der Waals surface area contributed by atoms with Crippen LogP contribution >= 0.6 is 0 Å². The standard InChI is InChI=1S/C22H40/c1-15-5-11-21(17(3)13-15)19-7-9-20(10-8-19)22-12-6-16(2)14-18(22)4/h15-22H,5-14H2,1-4H3. The van der Waals surface area contributed by atoms with Crippen molar-refractivity contribution in [2.45, 2.75) is 91.9 Å². The maximum absolute atomic E-state index is 2.55. The fourth-order valence-corrected chi connectivity index (χ4v) is 6.78. The quantitative estimate of drug-likeness (QED) is 0.518. The number of rotatable bonds is 2. The molecular weight excluding hydrogens is 264 g/mol. The van der Waals surface area contributed by atoms with Gasteiger partial charge < -0.3 is 0 Å². The molecule has 128 valence electrons. The maximum Gasteiger partial charge on any atom is -0.0360 e. The van der Waals surface area contributed by atoms with Crippen LogP contribution in [0.3, 0.4) is 0 Å². The predicted octanol–water partition coefficient (Wildman–Crippen LogP) is 6.94. The van der Waals surface area contributed by atoms with E-state index in [9.17, 15) is 0 Å². The smallest absolute Gasteiger partial charge is 0.0360 e. The lowest BCUT2D eigenvalue weighted by Crippen LogP contribution is -2.34. The summed E-state index contributed by atoms with van der Waals surface area (Å²) < 4.78 is 0. The van der Waals surface area contributed by atoms with Crippen LogP contribution in [0.2, 0.25) is 0 Å². The molecule has 0 aliphatic heterocycles. The van der Waals surface area contributed by atoms with Crippen LogP contribution in [0.25, 0.3) is 0 Å². The predicted molar refractivity (Wildman–Crippen MR) is 96.8 cm³/mol. The summed E-state index contributed by atoms with van der Waals surface area (Å²) in [6.07, 6.45) is 15.3. The van der Waals surface area contributed by atoms with E-state index >= 15 is 0 Å². The summed E-state index contributed by atoms with van der Waals surface area (Å²) in [6.45, 7) is 10.0. The molecule has 0 N–H and O–H groups in total. The van der Waals surface area contributed by atoms with Crippen LogP contribution in [-0.2, 0) is 0 Å². The van der Waals surface area contributed by atoms with Gasteiger partial charge in [0.2, 0.25) is 0 Å². The van der Waals surface area contributed by atoms with Crippen LogP contribution in [0.15, 0.2) is 0 Å². The molecule has 3 saturated carbocycles. The van der Waals surface area contributed by atoms with Gasteiger partial charge in [-0.05, 0) is 98.7 Å². The van der Waals surface area contributed by atoms with Crippen molar-refractivity contribution in [3.05, 3.63) is 0 Å². The van der Waals surface area contributed by atoms with Crippen molar-refractivity contribution in [2.75, 3.05) is 0 Å². The van der Waals surface area contributed by atoms with Gasteiger partial charge in [-0.25, -0.2) is 0 Å². The first kappa shape index (κ1) is 16.8. The van der Waals surface area contributed by atoms with E-state index in [0.29, 0.717) is 0 Å². The summed E-state index contributed by atoms with van der Waals surface area (Å²) in [5, 5.41) is 0. The Bertz CT molecular complexity index is 304. The minimum Gasteiger partial charge on any atom is -0.0625 e. The Hall–Kier alpha value is 0. The van der Waals surface area contributed by atoms with Gasteiger partial charge in [0.05, 0.1) is 0 Å². The zero-order chi connectivity index (χ0) is 15.7. The lowest BCUT2D eigenvalue weighted by molar-refractivity contribution is 0.0611. The first-order valence-corrected chi connectivity index (χ1v) is 10.5. The molecule has 0 nitrogen and oxygen atoms in total. The third kappa shape index (κ3) is 3.73. The van der Waals surface area contributed by atoms with Crippen molar-refractivity contribution >= 4 is 0 Å². The largest absolute Gasteiger partial charge is 0.0625 e. The average Bonchev–Trinajstić information content (AvgIpc) is 2.48. The minimum atomic E-state index is 0.993. The molecule has 0 radical (unpaired) electrons. The Morgan fingerprint density at radius 2 is 0.818 bits per heavy atom. The SMILES string of the molecule is CC1CCC(C2CCC(C3CCC(C)CC3C)CC2)C(C)C1. The zero-order valence-corrected chi connectivity index (χ0v) is 15.7. The highest BCUT2D eigenvalue weighted by atomic mass is 14.4. The van der Waals surface area contributed by atoms with E-state index < -0.39 is 0 Å². The minimum absolute atomic E-state index is 0.993. The molecule has 6 unspecified atom stereocenters.